The Kier molecular flexibility index (Phi) is 8.23. The number of aryl methyl sites for hydroxylation is 1. The van der Waals surface area contributed by atoms with Gasteiger partial charge in [0.15, 0.2) is 11.0 Å². The van der Waals surface area contributed by atoms with Gasteiger partial charge in [-0.1, -0.05) is 48.5 Å². The largest absolute Gasteiger partial charge is 0.494 e. The minimum atomic E-state index is -0.202. The molecule has 0 radical (unpaired) electrons. The lowest BCUT2D eigenvalue weighted by Crippen LogP contribution is -2.20. The molecule has 0 aliphatic rings. The SMILES string of the molecule is CCCOc1ccc(/C=N/NC(=O)CSc2nnc(-c3ccc(C)cc3)n2CC)cc1. The highest BCUT2D eigenvalue weighted by Crippen LogP contribution is 2.24. The van der Waals surface area contributed by atoms with Crippen LogP contribution in [0.2, 0.25) is 0 Å². The fraction of sp³-hybridized carbons (Fsp3) is 0.304. The third kappa shape index (κ3) is 6.42. The third-order valence-electron chi connectivity index (χ3n) is 4.43. The number of thioether (sulfide) groups is 1. The number of nitrogens with one attached hydrogen (secondary N) is 1. The first-order valence-corrected chi connectivity index (χ1v) is 11.3. The topological polar surface area (TPSA) is 81.4 Å². The smallest absolute Gasteiger partial charge is 0.250 e. The van der Waals surface area contributed by atoms with Gasteiger partial charge in [0.05, 0.1) is 18.6 Å². The van der Waals surface area contributed by atoms with Crippen LogP contribution in [0.15, 0.2) is 58.8 Å². The van der Waals surface area contributed by atoms with Crippen molar-refractivity contribution in [3.63, 3.8) is 0 Å². The molecule has 1 N–H and O–H groups in total. The molecule has 1 amide bonds. The molecule has 1 aromatic heterocycles. The van der Waals surface area contributed by atoms with Crippen LogP contribution in [0.4, 0.5) is 0 Å². The van der Waals surface area contributed by atoms with E-state index in [2.05, 4.69) is 27.6 Å². The number of hydrogen-bond acceptors (Lipinski definition) is 6. The maximum absolute atomic E-state index is 12.2. The van der Waals surface area contributed by atoms with Crippen molar-refractivity contribution in [3.8, 4) is 17.1 Å². The van der Waals surface area contributed by atoms with E-state index in [0.29, 0.717) is 11.8 Å². The van der Waals surface area contributed by atoms with Crippen molar-refractivity contribution in [3.05, 3.63) is 59.7 Å². The highest BCUT2D eigenvalue weighted by molar-refractivity contribution is 7.99. The molecule has 2 aromatic carbocycles. The van der Waals surface area contributed by atoms with Gasteiger partial charge in [-0.15, -0.1) is 10.2 Å². The Morgan fingerprint density at radius 2 is 1.87 bits per heavy atom. The van der Waals surface area contributed by atoms with E-state index in [1.54, 1.807) is 6.21 Å². The molecular formula is C23H27N5O2S. The first kappa shape index (κ1) is 22.6. The van der Waals surface area contributed by atoms with E-state index in [1.165, 1.54) is 17.3 Å². The number of carbonyl (C=O) groups excluding carboxylic acids is 1. The predicted molar refractivity (Wildman–Crippen MR) is 125 cm³/mol. The van der Waals surface area contributed by atoms with Crippen molar-refractivity contribution in [1.29, 1.82) is 0 Å². The summed E-state index contributed by atoms with van der Waals surface area (Å²) in [5.74, 6) is 1.62. The molecule has 0 aliphatic carbocycles. The Labute approximate surface area is 186 Å². The zero-order valence-electron chi connectivity index (χ0n) is 18.0. The second-order valence-corrected chi connectivity index (χ2v) is 7.86. The number of amides is 1. The fourth-order valence-electron chi connectivity index (χ4n) is 2.81. The highest BCUT2D eigenvalue weighted by atomic mass is 32.2. The van der Waals surface area contributed by atoms with Gasteiger partial charge >= 0.3 is 0 Å². The predicted octanol–water partition coefficient (Wildman–Crippen LogP) is 4.30. The van der Waals surface area contributed by atoms with Crippen molar-refractivity contribution < 1.29 is 9.53 Å². The molecule has 3 rings (SSSR count). The summed E-state index contributed by atoms with van der Waals surface area (Å²) >= 11 is 1.34. The van der Waals surface area contributed by atoms with E-state index in [4.69, 9.17) is 4.74 Å². The van der Waals surface area contributed by atoms with Crippen LogP contribution in [0.3, 0.4) is 0 Å². The molecule has 0 fully saturated rings. The number of benzene rings is 2. The molecular weight excluding hydrogens is 410 g/mol. The van der Waals surface area contributed by atoms with Crippen LogP contribution in [0.25, 0.3) is 11.4 Å². The van der Waals surface area contributed by atoms with E-state index in [0.717, 1.165) is 35.7 Å². The summed E-state index contributed by atoms with van der Waals surface area (Å²) in [4.78, 5) is 12.2. The molecule has 8 heteroatoms. The highest BCUT2D eigenvalue weighted by Gasteiger charge is 2.14. The second kappa shape index (κ2) is 11.3. The van der Waals surface area contributed by atoms with Gasteiger partial charge in [0.1, 0.15) is 5.75 Å². The van der Waals surface area contributed by atoms with Gasteiger partial charge in [-0.25, -0.2) is 5.43 Å². The number of aromatic nitrogens is 3. The molecule has 0 bridgehead atoms. The molecule has 0 unspecified atom stereocenters. The lowest BCUT2D eigenvalue weighted by Gasteiger charge is -2.07. The van der Waals surface area contributed by atoms with E-state index in [9.17, 15) is 4.79 Å². The minimum absolute atomic E-state index is 0.202. The van der Waals surface area contributed by atoms with Crippen LogP contribution in [-0.4, -0.2) is 39.2 Å². The molecule has 0 aliphatic heterocycles. The molecule has 162 valence electrons. The maximum Gasteiger partial charge on any atom is 0.250 e. The summed E-state index contributed by atoms with van der Waals surface area (Å²) in [7, 11) is 0. The van der Waals surface area contributed by atoms with E-state index in [1.807, 2.05) is 66.9 Å². The van der Waals surface area contributed by atoms with Crippen LogP contribution in [0.1, 0.15) is 31.4 Å². The molecule has 0 atom stereocenters. The minimum Gasteiger partial charge on any atom is -0.494 e. The van der Waals surface area contributed by atoms with E-state index < -0.39 is 0 Å². The zero-order chi connectivity index (χ0) is 22.1. The Morgan fingerprint density at radius 1 is 1.13 bits per heavy atom. The number of ether oxygens (including phenoxy) is 1. The summed E-state index contributed by atoms with van der Waals surface area (Å²) in [5.41, 5.74) is 5.63. The first-order chi connectivity index (χ1) is 15.1. The van der Waals surface area contributed by atoms with Crippen LogP contribution in [0.5, 0.6) is 5.75 Å². The average Bonchev–Trinajstić information content (AvgIpc) is 3.20. The van der Waals surface area contributed by atoms with Crippen LogP contribution >= 0.6 is 11.8 Å². The molecule has 0 saturated carbocycles. The Hall–Kier alpha value is -3.13. The standard InChI is InChI=1S/C23H27N5O2S/c1-4-14-30-20-12-8-18(9-13-20)15-24-25-21(29)16-31-23-27-26-22(28(23)5-2)19-10-6-17(3)7-11-19/h6-13,15H,4-5,14,16H2,1-3H3,(H,25,29)/b24-15+. The fourth-order valence-corrected chi connectivity index (χ4v) is 3.60. The zero-order valence-corrected chi connectivity index (χ0v) is 18.9. The molecule has 1 heterocycles. The second-order valence-electron chi connectivity index (χ2n) is 6.92. The maximum atomic E-state index is 12.2. The number of hydrazone groups is 1. The van der Waals surface area contributed by atoms with Crippen LogP contribution < -0.4 is 10.2 Å². The van der Waals surface area contributed by atoms with Crippen LogP contribution in [-0.2, 0) is 11.3 Å². The van der Waals surface area contributed by atoms with Crippen molar-refractivity contribution >= 4 is 23.9 Å². The van der Waals surface area contributed by atoms with Crippen molar-refractivity contribution in [2.75, 3.05) is 12.4 Å². The van der Waals surface area contributed by atoms with Gasteiger partial charge in [0, 0.05) is 12.1 Å². The van der Waals surface area contributed by atoms with Gasteiger partial charge in [0.2, 0.25) is 0 Å². The van der Waals surface area contributed by atoms with E-state index in [-0.39, 0.29) is 11.7 Å². The molecule has 3 aromatic rings. The number of carbonyl (C=O) groups is 1. The summed E-state index contributed by atoms with van der Waals surface area (Å²) in [6.45, 7) is 7.56. The molecule has 31 heavy (non-hydrogen) atoms. The quantitative estimate of drug-likeness (QED) is 0.290. The van der Waals surface area contributed by atoms with Gasteiger partial charge in [-0.3, -0.25) is 4.79 Å². The Bertz CT molecular complexity index is 1010. The monoisotopic (exact) mass is 437 g/mol. The number of hydrogen-bond donors (Lipinski definition) is 1. The first-order valence-electron chi connectivity index (χ1n) is 10.3. The van der Waals surface area contributed by atoms with Gasteiger partial charge in [0.25, 0.3) is 5.91 Å². The summed E-state index contributed by atoms with van der Waals surface area (Å²) in [5, 5.41) is 13.3. The lowest BCUT2D eigenvalue weighted by molar-refractivity contribution is -0.118. The summed E-state index contributed by atoms with van der Waals surface area (Å²) in [6.07, 6.45) is 2.57. The summed E-state index contributed by atoms with van der Waals surface area (Å²) in [6, 6.07) is 15.7. The molecule has 0 spiro atoms. The molecule has 0 saturated heterocycles. The van der Waals surface area contributed by atoms with Crippen LogP contribution in [0, 0.1) is 6.92 Å². The average molecular weight is 438 g/mol. The van der Waals surface area contributed by atoms with E-state index >= 15 is 0 Å². The van der Waals surface area contributed by atoms with Gasteiger partial charge < -0.3 is 9.30 Å². The van der Waals surface area contributed by atoms with Crippen molar-refractivity contribution in [2.45, 2.75) is 38.9 Å². The van der Waals surface area contributed by atoms with Gasteiger partial charge in [-0.05, 0) is 50.1 Å². The summed E-state index contributed by atoms with van der Waals surface area (Å²) < 4.78 is 7.56. The van der Waals surface area contributed by atoms with Gasteiger partial charge in [-0.2, -0.15) is 5.10 Å². The lowest BCUT2D eigenvalue weighted by atomic mass is 10.1. The third-order valence-corrected chi connectivity index (χ3v) is 5.40. The Balaban J connectivity index is 1.52. The normalized spacial score (nSPS) is 11.1. The number of nitrogens with zero attached hydrogens (tertiary/aromatic N) is 4. The van der Waals surface area contributed by atoms with Crippen molar-refractivity contribution in [1.82, 2.24) is 20.2 Å². The Morgan fingerprint density at radius 3 is 2.55 bits per heavy atom. The number of rotatable bonds is 10. The van der Waals surface area contributed by atoms with Crippen molar-refractivity contribution in [2.24, 2.45) is 5.10 Å². The molecule has 7 nitrogen and oxygen atoms in total.